The topological polar surface area (TPSA) is 115 Å². The molecule has 0 aliphatic heterocycles. The van der Waals surface area contributed by atoms with E-state index in [9.17, 15) is 0 Å². The predicted octanol–water partition coefficient (Wildman–Crippen LogP) is 3.77. The Bertz CT molecular complexity index is 1350. The molecule has 0 fully saturated rings. The predicted molar refractivity (Wildman–Crippen MR) is 112 cm³/mol. The van der Waals surface area contributed by atoms with Gasteiger partial charge in [-0.15, -0.1) is 10.2 Å². The monoisotopic (exact) mass is 386 g/mol. The minimum absolute atomic E-state index is 0.110. The van der Waals surface area contributed by atoms with E-state index in [-0.39, 0.29) is 5.95 Å². The zero-order chi connectivity index (χ0) is 20.0. The lowest BCUT2D eigenvalue weighted by atomic mass is 10.0. The van der Waals surface area contributed by atoms with Crippen molar-refractivity contribution in [2.75, 3.05) is 20.0 Å². The molecule has 8 heteroatoms. The molecule has 3 heterocycles. The van der Waals surface area contributed by atoms with Crippen LogP contribution in [0.2, 0.25) is 0 Å². The van der Waals surface area contributed by atoms with Crippen molar-refractivity contribution in [2.24, 2.45) is 0 Å². The minimum Gasteiger partial charge on any atom is -0.497 e. The van der Waals surface area contributed by atoms with Gasteiger partial charge in [-0.25, -0.2) is 4.98 Å². The van der Waals surface area contributed by atoms with Crippen LogP contribution in [0.15, 0.2) is 48.8 Å². The number of benzene rings is 2. The van der Waals surface area contributed by atoms with Crippen LogP contribution in [0.3, 0.4) is 0 Å². The van der Waals surface area contributed by atoms with E-state index in [0.29, 0.717) is 11.4 Å². The summed E-state index contributed by atoms with van der Waals surface area (Å²) < 4.78 is 10.8. The molecule has 5 aromatic rings. The number of nitrogens with zero attached hydrogens (tertiary/aromatic N) is 3. The van der Waals surface area contributed by atoms with Gasteiger partial charge in [0.05, 0.1) is 14.2 Å². The van der Waals surface area contributed by atoms with Crippen molar-refractivity contribution in [3.05, 3.63) is 48.8 Å². The molecule has 0 saturated carbocycles. The van der Waals surface area contributed by atoms with Gasteiger partial charge in [0.2, 0.25) is 5.95 Å². The van der Waals surface area contributed by atoms with Gasteiger partial charge >= 0.3 is 0 Å². The van der Waals surface area contributed by atoms with Crippen LogP contribution in [0.4, 0.5) is 5.95 Å². The maximum Gasteiger partial charge on any atom is 0.240 e. The van der Waals surface area contributed by atoms with Crippen LogP contribution in [0.1, 0.15) is 0 Å². The van der Waals surface area contributed by atoms with E-state index in [1.165, 1.54) is 0 Å². The van der Waals surface area contributed by atoms with E-state index in [1.54, 1.807) is 14.2 Å². The fraction of sp³-hybridized carbons (Fsp3) is 0.0952. The van der Waals surface area contributed by atoms with Crippen molar-refractivity contribution in [3.63, 3.8) is 0 Å². The Morgan fingerprint density at radius 1 is 0.759 bits per heavy atom. The van der Waals surface area contributed by atoms with Gasteiger partial charge in [-0.3, -0.25) is 0 Å². The van der Waals surface area contributed by atoms with Crippen molar-refractivity contribution < 1.29 is 9.47 Å². The average Bonchev–Trinajstić information content (AvgIpc) is 3.36. The Morgan fingerprint density at radius 2 is 1.31 bits per heavy atom. The van der Waals surface area contributed by atoms with Crippen LogP contribution in [-0.4, -0.2) is 39.4 Å². The van der Waals surface area contributed by atoms with Gasteiger partial charge in [-0.2, -0.15) is 0 Å². The summed E-state index contributed by atoms with van der Waals surface area (Å²) in [6, 6.07) is 11.7. The first kappa shape index (κ1) is 17.1. The molecule has 5 rings (SSSR count). The lowest BCUT2D eigenvalue weighted by Crippen LogP contribution is -2.02. The molecular weight excluding hydrogens is 368 g/mol. The first-order valence-corrected chi connectivity index (χ1v) is 8.99. The highest BCUT2D eigenvalue weighted by atomic mass is 16.5. The molecule has 2 aromatic carbocycles. The second-order valence-electron chi connectivity index (χ2n) is 6.59. The average molecular weight is 386 g/mol. The number of nitrogen functional groups attached to an aromatic ring is 1. The molecule has 8 nitrogen and oxygen atoms in total. The number of anilines is 1. The van der Waals surface area contributed by atoms with Crippen molar-refractivity contribution in [1.29, 1.82) is 0 Å². The standard InChI is InChI=1S/C21H18N6O2/c1-28-11-3-5-17-13(7-11)15(9-23-17)19-20(26-27-21(22)25-19)16-10-24-18-6-4-12(29-2)8-14(16)18/h3-10,23-24H,1-2H3,(H2,22,25,27). The SMILES string of the molecule is COc1ccc2[nH]cc(-c3nnc(N)nc3-c3c[nH]c4ccc(OC)cc34)c2c1. The Labute approximate surface area is 165 Å². The number of fused-ring (bicyclic) bond motifs is 2. The second-order valence-corrected chi connectivity index (χ2v) is 6.59. The number of hydrogen-bond donors (Lipinski definition) is 3. The van der Waals surface area contributed by atoms with Gasteiger partial charge in [-0.1, -0.05) is 0 Å². The number of nitrogens with one attached hydrogen (secondary N) is 2. The lowest BCUT2D eigenvalue weighted by Gasteiger charge is -2.08. The van der Waals surface area contributed by atoms with Crippen molar-refractivity contribution in [2.45, 2.75) is 0 Å². The summed E-state index contributed by atoms with van der Waals surface area (Å²) in [6.45, 7) is 0. The largest absolute Gasteiger partial charge is 0.497 e. The number of aromatic amines is 2. The second kappa shape index (κ2) is 6.52. The summed E-state index contributed by atoms with van der Waals surface area (Å²) in [4.78, 5) is 11.1. The van der Waals surface area contributed by atoms with E-state index < -0.39 is 0 Å². The van der Waals surface area contributed by atoms with Gasteiger partial charge in [0.25, 0.3) is 0 Å². The molecule has 0 amide bonds. The maximum absolute atomic E-state index is 5.90. The number of hydrogen-bond acceptors (Lipinski definition) is 6. The first-order chi connectivity index (χ1) is 14.2. The minimum atomic E-state index is 0.110. The van der Waals surface area contributed by atoms with Crippen LogP contribution in [0.25, 0.3) is 44.3 Å². The number of methoxy groups -OCH3 is 2. The highest BCUT2D eigenvalue weighted by molar-refractivity contribution is 6.03. The van der Waals surface area contributed by atoms with E-state index in [1.807, 2.05) is 48.8 Å². The number of H-pyrrole nitrogens is 2. The molecule has 0 radical (unpaired) electrons. The summed E-state index contributed by atoms with van der Waals surface area (Å²) >= 11 is 0. The third kappa shape index (κ3) is 2.73. The quantitative estimate of drug-likeness (QED) is 0.433. The van der Waals surface area contributed by atoms with Crippen molar-refractivity contribution in [1.82, 2.24) is 25.1 Å². The Balaban J connectivity index is 1.78. The third-order valence-corrected chi connectivity index (χ3v) is 4.99. The van der Waals surface area contributed by atoms with Crippen LogP contribution in [0, 0.1) is 0 Å². The van der Waals surface area contributed by atoms with Crippen molar-refractivity contribution in [3.8, 4) is 34.0 Å². The molecule has 3 aromatic heterocycles. The molecule has 0 spiro atoms. The smallest absolute Gasteiger partial charge is 0.240 e. The number of rotatable bonds is 4. The van der Waals surface area contributed by atoms with Gasteiger partial charge in [-0.05, 0) is 36.4 Å². The zero-order valence-electron chi connectivity index (χ0n) is 15.9. The van der Waals surface area contributed by atoms with Crippen LogP contribution in [-0.2, 0) is 0 Å². The van der Waals surface area contributed by atoms with E-state index in [2.05, 4.69) is 25.1 Å². The maximum atomic E-state index is 5.90. The highest BCUT2D eigenvalue weighted by Crippen LogP contribution is 2.38. The Hall–Kier alpha value is -4.07. The molecule has 0 bridgehead atoms. The highest BCUT2D eigenvalue weighted by Gasteiger charge is 2.19. The number of nitrogens with two attached hydrogens (primary N) is 1. The van der Waals surface area contributed by atoms with E-state index in [4.69, 9.17) is 15.2 Å². The summed E-state index contributed by atoms with van der Waals surface area (Å²) in [5.74, 6) is 1.62. The van der Waals surface area contributed by atoms with Gasteiger partial charge in [0.15, 0.2) is 0 Å². The van der Waals surface area contributed by atoms with Crippen molar-refractivity contribution >= 4 is 27.8 Å². The summed E-state index contributed by atoms with van der Waals surface area (Å²) in [5, 5.41) is 10.3. The zero-order valence-corrected chi connectivity index (χ0v) is 15.9. The number of ether oxygens (including phenoxy) is 2. The summed E-state index contributed by atoms with van der Waals surface area (Å²) in [7, 11) is 3.28. The van der Waals surface area contributed by atoms with Crippen LogP contribution >= 0.6 is 0 Å². The Morgan fingerprint density at radius 3 is 1.86 bits per heavy atom. The fourth-order valence-electron chi connectivity index (χ4n) is 3.55. The third-order valence-electron chi connectivity index (χ3n) is 4.99. The van der Waals surface area contributed by atoms with Gasteiger partial charge < -0.3 is 25.2 Å². The van der Waals surface area contributed by atoms with Crippen LogP contribution in [0.5, 0.6) is 11.5 Å². The van der Waals surface area contributed by atoms with Gasteiger partial charge in [0, 0.05) is 45.3 Å². The lowest BCUT2D eigenvalue weighted by molar-refractivity contribution is 0.415. The molecule has 144 valence electrons. The molecule has 4 N–H and O–H groups in total. The van der Waals surface area contributed by atoms with Gasteiger partial charge in [0.1, 0.15) is 22.9 Å². The van der Waals surface area contributed by atoms with E-state index >= 15 is 0 Å². The van der Waals surface area contributed by atoms with Crippen LogP contribution < -0.4 is 15.2 Å². The molecule has 0 saturated heterocycles. The van der Waals surface area contributed by atoms with E-state index in [0.717, 1.165) is 44.4 Å². The molecular formula is C21H18N6O2. The molecule has 0 unspecified atom stereocenters. The Kier molecular flexibility index (Phi) is 3.83. The molecule has 0 aliphatic rings. The molecule has 0 aliphatic carbocycles. The molecule has 29 heavy (non-hydrogen) atoms. The fourth-order valence-corrected chi connectivity index (χ4v) is 3.55. The number of aromatic nitrogens is 5. The summed E-state index contributed by atoms with van der Waals surface area (Å²) in [5.41, 5.74) is 10.8. The summed E-state index contributed by atoms with van der Waals surface area (Å²) in [6.07, 6.45) is 3.79. The molecule has 0 atom stereocenters. The normalized spacial score (nSPS) is 11.2. The first-order valence-electron chi connectivity index (χ1n) is 8.99.